The second-order valence-electron chi connectivity index (χ2n) is 6.00. The molecule has 114 valence electrons. The predicted molar refractivity (Wildman–Crippen MR) is 90.3 cm³/mol. The van der Waals surface area contributed by atoms with E-state index in [1.807, 2.05) is 11.3 Å². The largest absolute Gasteiger partial charge is 0.375 e. The summed E-state index contributed by atoms with van der Waals surface area (Å²) in [6, 6.07) is 11.0. The zero-order valence-corrected chi connectivity index (χ0v) is 13.7. The molecule has 2 atom stereocenters. The highest BCUT2D eigenvalue weighted by Crippen LogP contribution is 2.35. The van der Waals surface area contributed by atoms with Gasteiger partial charge in [0.05, 0.1) is 12.7 Å². The molecule has 1 saturated heterocycles. The summed E-state index contributed by atoms with van der Waals surface area (Å²) < 4.78 is 7.43. The minimum absolute atomic E-state index is 0.298. The van der Waals surface area contributed by atoms with Crippen LogP contribution in [0.15, 0.2) is 30.3 Å². The van der Waals surface area contributed by atoms with Crippen LogP contribution in [0.1, 0.15) is 17.2 Å². The molecule has 2 heterocycles. The first-order valence-electron chi connectivity index (χ1n) is 7.69. The average molecular weight is 304 g/mol. The third kappa shape index (κ3) is 3.64. The van der Waals surface area contributed by atoms with Crippen molar-refractivity contribution in [3.63, 3.8) is 0 Å². The van der Waals surface area contributed by atoms with Gasteiger partial charge in [0.1, 0.15) is 0 Å². The number of fused-ring (bicyclic) bond motifs is 1. The normalized spacial score (nSPS) is 21.0. The number of morpholine rings is 1. The standard InChI is InChI=1S/C17H24N2OS/c1-19(2)9-7-14(15-12-18-8-10-20-15)17-11-13-5-3-4-6-16(13)21-17/h3-6,11,14-15,18H,7-10,12H2,1-2H3. The van der Waals surface area contributed by atoms with Crippen molar-refractivity contribution < 1.29 is 4.74 Å². The Bertz CT molecular complexity index is 542. The van der Waals surface area contributed by atoms with Crippen LogP contribution < -0.4 is 5.32 Å². The molecule has 0 spiro atoms. The Balaban J connectivity index is 1.85. The summed E-state index contributed by atoms with van der Waals surface area (Å²) in [6.07, 6.45) is 1.44. The molecule has 21 heavy (non-hydrogen) atoms. The molecule has 0 aliphatic carbocycles. The highest BCUT2D eigenvalue weighted by molar-refractivity contribution is 7.19. The Morgan fingerprint density at radius 2 is 2.24 bits per heavy atom. The number of ether oxygens (including phenoxy) is 1. The van der Waals surface area contributed by atoms with Gasteiger partial charge in [0.2, 0.25) is 0 Å². The molecule has 0 amide bonds. The zero-order valence-electron chi connectivity index (χ0n) is 12.8. The Kier molecular flexibility index (Phi) is 4.91. The van der Waals surface area contributed by atoms with Crippen molar-refractivity contribution in [3.05, 3.63) is 35.2 Å². The summed E-state index contributed by atoms with van der Waals surface area (Å²) in [5.41, 5.74) is 0. The van der Waals surface area contributed by atoms with Crippen molar-refractivity contribution >= 4 is 21.4 Å². The van der Waals surface area contributed by atoms with Crippen molar-refractivity contribution in [2.75, 3.05) is 40.3 Å². The van der Waals surface area contributed by atoms with Crippen molar-refractivity contribution in [1.82, 2.24) is 10.2 Å². The van der Waals surface area contributed by atoms with Crippen LogP contribution in [0.2, 0.25) is 0 Å². The van der Waals surface area contributed by atoms with E-state index in [4.69, 9.17) is 4.74 Å². The fourth-order valence-corrected chi connectivity index (χ4v) is 4.19. The van der Waals surface area contributed by atoms with Gasteiger partial charge in [0, 0.05) is 28.6 Å². The minimum atomic E-state index is 0.298. The fourth-order valence-electron chi connectivity index (χ4n) is 2.94. The van der Waals surface area contributed by atoms with Crippen molar-refractivity contribution in [1.29, 1.82) is 0 Å². The molecule has 3 nitrogen and oxygen atoms in total. The highest BCUT2D eigenvalue weighted by Gasteiger charge is 2.27. The van der Waals surface area contributed by atoms with Gasteiger partial charge in [-0.2, -0.15) is 0 Å². The van der Waals surface area contributed by atoms with Crippen LogP contribution in [0, 0.1) is 0 Å². The molecule has 1 aliphatic heterocycles. The number of nitrogens with one attached hydrogen (secondary N) is 1. The van der Waals surface area contributed by atoms with Crippen molar-refractivity contribution in [2.45, 2.75) is 18.4 Å². The Hall–Kier alpha value is -0.940. The molecule has 0 bridgehead atoms. The number of benzene rings is 1. The monoisotopic (exact) mass is 304 g/mol. The maximum Gasteiger partial charge on any atom is 0.0776 e. The van der Waals surface area contributed by atoms with E-state index in [1.54, 1.807) is 0 Å². The molecule has 1 fully saturated rings. The summed E-state index contributed by atoms with van der Waals surface area (Å²) in [4.78, 5) is 3.73. The topological polar surface area (TPSA) is 24.5 Å². The molecular weight excluding hydrogens is 280 g/mol. The lowest BCUT2D eigenvalue weighted by Gasteiger charge is -2.31. The Morgan fingerprint density at radius 1 is 1.38 bits per heavy atom. The van der Waals surface area contributed by atoms with Gasteiger partial charge in [-0.05, 0) is 44.6 Å². The van der Waals surface area contributed by atoms with Gasteiger partial charge in [-0.3, -0.25) is 0 Å². The number of nitrogens with zero attached hydrogens (tertiary/aromatic N) is 1. The maximum atomic E-state index is 6.05. The van der Waals surface area contributed by atoms with Crippen LogP contribution in [0.5, 0.6) is 0 Å². The molecule has 1 aromatic heterocycles. The fraction of sp³-hybridized carbons (Fsp3) is 0.529. The van der Waals surface area contributed by atoms with E-state index in [9.17, 15) is 0 Å². The van der Waals surface area contributed by atoms with Crippen LogP contribution in [-0.2, 0) is 4.74 Å². The highest BCUT2D eigenvalue weighted by atomic mass is 32.1. The quantitative estimate of drug-likeness (QED) is 0.919. The SMILES string of the molecule is CN(C)CCC(c1cc2ccccc2s1)C1CNCCO1. The molecule has 2 unspecified atom stereocenters. The van der Waals surface area contributed by atoms with E-state index < -0.39 is 0 Å². The molecule has 1 aliphatic rings. The number of hydrogen-bond donors (Lipinski definition) is 1. The summed E-state index contributed by atoms with van der Waals surface area (Å²) in [7, 11) is 4.28. The number of rotatable bonds is 5. The molecule has 1 aromatic carbocycles. The first-order chi connectivity index (χ1) is 10.2. The number of hydrogen-bond acceptors (Lipinski definition) is 4. The van der Waals surface area contributed by atoms with Crippen LogP contribution in [-0.4, -0.2) is 51.3 Å². The summed E-state index contributed by atoms with van der Waals surface area (Å²) >= 11 is 1.92. The molecule has 0 radical (unpaired) electrons. The second-order valence-corrected chi connectivity index (χ2v) is 7.11. The summed E-state index contributed by atoms with van der Waals surface area (Å²) in [5, 5.41) is 4.83. The van der Waals surface area contributed by atoms with Crippen molar-refractivity contribution in [2.24, 2.45) is 0 Å². The third-order valence-electron chi connectivity index (χ3n) is 4.10. The van der Waals surface area contributed by atoms with Crippen LogP contribution in [0.3, 0.4) is 0 Å². The lowest BCUT2D eigenvalue weighted by atomic mass is 9.95. The van der Waals surface area contributed by atoms with Gasteiger partial charge in [-0.15, -0.1) is 11.3 Å². The molecular formula is C17H24N2OS. The van der Waals surface area contributed by atoms with Gasteiger partial charge in [-0.25, -0.2) is 0 Å². The number of thiophene rings is 1. The Labute approximate surface area is 130 Å². The van der Waals surface area contributed by atoms with E-state index in [0.717, 1.165) is 32.7 Å². The van der Waals surface area contributed by atoms with E-state index in [0.29, 0.717) is 12.0 Å². The molecule has 3 rings (SSSR count). The first kappa shape index (κ1) is 15.0. The van der Waals surface area contributed by atoms with Gasteiger partial charge in [-0.1, -0.05) is 18.2 Å². The zero-order chi connectivity index (χ0) is 14.7. The average Bonchev–Trinajstić information content (AvgIpc) is 2.92. The van der Waals surface area contributed by atoms with E-state index in [1.165, 1.54) is 15.0 Å². The first-order valence-corrected chi connectivity index (χ1v) is 8.51. The van der Waals surface area contributed by atoms with Crippen molar-refractivity contribution in [3.8, 4) is 0 Å². The van der Waals surface area contributed by atoms with E-state index in [-0.39, 0.29) is 0 Å². The van der Waals surface area contributed by atoms with Gasteiger partial charge in [0.25, 0.3) is 0 Å². The van der Waals surface area contributed by atoms with Crippen LogP contribution in [0.4, 0.5) is 0 Å². The van der Waals surface area contributed by atoms with Gasteiger partial charge in [0.15, 0.2) is 0 Å². The van der Waals surface area contributed by atoms with E-state index in [2.05, 4.69) is 54.6 Å². The summed E-state index contributed by atoms with van der Waals surface area (Å²) in [5.74, 6) is 0.484. The second kappa shape index (κ2) is 6.88. The lowest BCUT2D eigenvalue weighted by Crippen LogP contribution is -2.42. The van der Waals surface area contributed by atoms with E-state index >= 15 is 0 Å². The molecule has 0 saturated carbocycles. The minimum Gasteiger partial charge on any atom is -0.375 e. The van der Waals surface area contributed by atoms with Gasteiger partial charge < -0.3 is 15.0 Å². The van der Waals surface area contributed by atoms with Gasteiger partial charge >= 0.3 is 0 Å². The Morgan fingerprint density at radius 3 is 2.95 bits per heavy atom. The molecule has 2 aromatic rings. The predicted octanol–water partition coefficient (Wildman–Crippen LogP) is 2.93. The maximum absolute atomic E-state index is 6.05. The third-order valence-corrected chi connectivity index (χ3v) is 5.35. The summed E-state index contributed by atoms with van der Waals surface area (Å²) in [6.45, 7) is 3.86. The smallest absolute Gasteiger partial charge is 0.0776 e. The lowest BCUT2D eigenvalue weighted by molar-refractivity contribution is 0.00883. The van der Waals surface area contributed by atoms with Crippen LogP contribution in [0.25, 0.3) is 10.1 Å². The van der Waals surface area contributed by atoms with Crippen LogP contribution >= 0.6 is 11.3 Å². The molecule has 4 heteroatoms. The molecule has 1 N–H and O–H groups in total.